The molecule has 0 spiro atoms. The van der Waals surface area contributed by atoms with Crippen molar-refractivity contribution in [1.82, 2.24) is 0 Å². The second kappa shape index (κ2) is 22.4. The summed E-state index contributed by atoms with van der Waals surface area (Å²) in [5.74, 6) is 1.81. The molecule has 52 heavy (non-hydrogen) atoms. The predicted molar refractivity (Wildman–Crippen MR) is 205 cm³/mol. The molecule has 0 fully saturated rings. The number of aryl methyl sites for hydroxylation is 1. The normalized spacial score (nSPS) is 11.9. The fraction of sp³-hybridized carbons (Fsp3) is 0.488. The van der Waals surface area contributed by atoms with Gasteiger partial charge in [0, 0.05) is 35.9 Å². The molecule has 3 aromatic rings. The van der Waals surface area contributed by atoms with E-state index in [9.17, 15) is 23.6 Å². The molecule has 3 aromatic carbocycles. The molecule has 1 amide bonds. The smallest absolute Gasteiger partial charge is 0.411 e. The van der Waals surface area contributed by atoms with E-state index in [0.29, 0.717) is 59.7 Å². The molecule has 0 aliphatic heterocycles. The van der Waals surface area contributed by atoms with Crippen molar-refractivity contribution < 1.29 is 37.8 Å². The van der Waals surface area contributed by atoms with Gasteiger partial charge in [-0.05, 0) is 105 Å². The second-order valence-electron chi connectivity index (χ2n) is 13.2. The van der Waals surface area contributed by atoms with E-state index < -0.39 is 6.09 Å². The van der Waals surface area contributed by atoms with Gasteiger partial charge < -0.3 is 14.2 Å². The lowest BCUT2D eigenvalue weighted by molar-refractivity contribution is -0.121. The van der Waals surface area contributed by atoms with Gasteiger partial charge in [-0.15, -0.1) is 0 Å². The van der Waals surface area contributed by atoms with Crippen molar-refractivity contribution in [2.24, 2.45) is 11.8 Å². The summed E-state index contributed by atoms with van der Waals surface area (Å²) >= 11 is 0. The lowest BCUT2D eigenvalue weighted by Crippen LogP contribution is -2.18. The number of amides is 1. The highest BCUT2D eigenvalue weighted by atomic mass is 19.1. The van der Waals surface area contributed by atoms with E-state index in [2.05, 4.69) is 19.2 Å². The zero-order chi connectivity index (χ0) is 38.8. The van der Waals surface area contributed by atoms with Gasteiger partial charge in [0.15, 0.2) is 5.78 Å². The number of carbonyl (C=O) groups excluding carboxylic acids is 4. The second-order valence-corrected chi connectivity index (χ2v) is 13.2. The summed E-state index contributed by atoms with van der Waals surface area (Å²) in [6.07, 6.45) is 5.38. The van der Waals surface area contributed by atoms with Crippen molar-refractivity contribution in [3.63, 3.8) is 0 Å². The molecule has 0 bridgehead atoms. The fourth-order valence-corrected chi connectivity index (χ4v) is 5.71. The Morgan fingerprint density at radius 3 is 1.98 bits per heavy atom. The number of hydrogen-bond donors (Lipinski definition) is 1. The first kappa shape index (κ1) is 43.6. The molecule has 1 N–H and O–H groups in total. The van der Waals surface area contributed by atoms with Crippen LogP contribution >= 0.6 is 0 Å². The number of ether oxygens (including phenoxy) is 3. The summed E-state index contributed by atoms with van der Waals surface area (Å²) < 4.78 is 30.5. The number of Topliss-reactive ketones (excluding diaryl/α,β-unsaturated/α-hetero) is 3. The largest absolute Gasteiger partial charge is 0.496 e. The average molecular weight is 720 g/mol. The lowest BCUT2D eigenvalue weighted by atomic mass is 9.90. The van der Waals surface area contributed by atoms with E-state index in [4.69, 9.17) is 14.2 Å². The number of halogens is 1. The molecule has 2 atom stereocenters. The van der Waals surface area contributed by atoms with Crippen LogP contribution < -0.4 is 14.8 Å². The van der Waals surface area contributed by atoms with Crippen LogP contribution in [0, 0.1) is 17.7 Å². The van der Waals surface area contributed by atoms with Crippen LogP contribution in [0.3, 0.4) is 0 Å². The summed E-state index contributed by atoms with van der Waals surface area (Å²) in [6.45, 7) is 15.5. The van der Waals surface area contributed by atoms with Crippen molar-refractivity contribution in [3.8, 4) is 17.2 Å². The molecule has 0 aromatic heterocycles. The molecule has 9 heteroatoms. The highest BCUT2D eigenvalue weighted by Gasteiger charge is 2.24. The number of anilines is 1. The Labute approximate surface area is 309 Å². The monoisotopic (exact) mass is 719 g/mol. The third kappa shape index (κ3) is 13.2. The summed E-state index contributed by atoms with van der Waals surface area (Å²) in [5, 5.41) is 2.88. The SMILES string of the molecule is CCCC(=O)CCC(C)C(C)=O.CCc1ccc(COC(=O)Nc2ccc(Oc3ccc(F)cc3)cc2C(CC)CC)c(OC)c1C(=O)[C@H](C)CC. The minimum absolute atomic E-state index is 0.0280. The Morgan fingerprint density at radius 2 is 1.42 bits per heavy atom. The zero-order valence-corrected chi connectivity index (χ0v) is 32.5. The van der Waals surface area contributed by atoms with E-state index in [1.165, 1.54) is 19.2 Å². The predicted octanol–water partition coefficient (Wildman–Crippen LogP) is 11.4. The molecule has 284 valence electrons. The first-order valence-electron chi connectivity index (χ1n) is 18.6. The standard InChI is InChI=1S/C33H40FNO5.C10H18O2/c1-7-21(5)31(36)30-23(10-4)11-12-24(32(30)38-6)20-39-33(37)35-29-18-17-27(19-28(29)22(8-2)9-3)40-26-15-13-25(34)14-16-26;1-4-5-10(12)7-6-8(2)9(3)11/h11-19,21-22H,7-10,20H2,1-6H3,(H,35,37);8H,4-7H2,1-3H3/t21-;/m1./s1. The van der Waals surface area contributed by atoms with Crippen LogP contribution in [-0.4, -0.2) is 30.6 Å². The lowest BCUT2D eigenvalue weighted by Gasteiger charge is -2.20. The van der Waals surface area contributed by atoms with Crippen LogP contribution in [-0.2, 0) is 27.4 Å². The van der Waals surface area contributed by atoms with Gasteiger partial charge in [-0.25, -0.2) is 9.18 Å². The van der Waals surface area contributed by atoms with Gasteiger partial charge in [0.2, 0.25) is 0 Å². The molecule has 0 saturated carbocycles. The van der Waals surface area contributed by atoms with Crippen LogP contribution in [0.5, 0.6) is 17.2 Å². The molecule has 8 nitrogen and oxygen atoms in total. The maximum Gasteiger partial charge on any atom is 0.411 e. The Bertz CT molecular complexity index is 1610. The van der Waals surface area contributed by atoms with Crippen molar-refractivity contribution in [3.05, 3.63) is 82.7 Å². The van der Waals surface area contributed by atoms with Gasteiger partial charge in [-0.2, -0.15) is 0 Å². The van der Waals surface area contributed by atoms with Crippen molar-refractivity contribution in [1.29, 1.82) is 0 Å². The topological polar surface area (TPSA) is 108 Å². The quantitative estimate of drug-likeness (QED) is 0.123. The van der Waals surface area contributed by atoms with Gasteiger partial charge in [-0.1, -0.05) is 60.6 Å². The summed E-state index contributed by atoms with van der Waals surface area (Å²) in [6, 6.07) is 15.0. The summed E-state index contributed by atoms with van der Waals surface area (Å²) in [5.41, 5.74) is 3.66. The van der Waals surface area contributed by atoms with Crippen molar-refractivity contribution in [2.75, 3.05) is 12.4 Å². The Morgan fingerprint density at radius 1 is 0.788 bits per heavy atom. The van der Waals surface area contributed by atoms with Gasteiger partial charge in [-0.3, -0.25) is 19.7 Å². The van der Waals surface area contributed by atoms with Gasteiger partial charge in [0.25, 0.3) is 0 Å². The van der Waals surface area contributed by atoms with E-state index >= 15 is 0 Å². The number of hydrogen-bond acceptors (Lipinski definition) is 7. The summed E-state index contributed by atoms with van der Waals surface area (Å²) in [4.78, 5) is 48.0. The third-order valence-corrected chi connectivity index (χ3v) is 9.39. The van der Waals surface area contributed by atoms with Gasteiger partial charge >= 0.3 is 6.09 Å². The number of benzene rings is 3. The summed E-state index contributed by atoms with van der Waals surface area (Å²) in [7, 11) is 1.53. The van der Waals surface area contributed by atoms with Gasteiger partial charge in [0.1, 0.15) is 41.2 Å². The number of nitrogens with one attached hydrogen (secondary N) is 1. The molecular weight excluding hydrogens is 661 g/mol. The molecule has 0 radical (unpaired) electrons. The first-order valence-corrected chi connectivity index (χ1v) is 18.6. The molecule has 0 heterocycles. The fourth-order valence-electron chi connectivity index (χ4n) is 5.71. The number of ketones is 3. The Balaban J connectivity index is 0.000000667. The minimum Gasteiger partial charge on any atom is -0.496 e. The van der Waals surface area contributed by atoms with Gasteiger partial charge in [0.05, 0.1) is 12.7 Å². The number of methoxy groups -OCH3 is 1. The molecule has 3 rings (SSSR count). The van der Waals surface area contributed by atoms with Crippen molar-refractivity contribution >= 4 is 29.1 Å². The van der Waals surface area contributed by atoms with Crippen molar-refractivity contribution in [2.45, 2.75) is 119 Å². The zero-order valence-electron chi connectivity index (χ0n) is 32.5. The molecular formula is C43H58FNO7. The first-order chi connectivity index (χ1) is 24.8. The molecule has 0 aliphatic carbocycles. The molecule has 1 unspecified atom stereocenters. The maximum atomic E-state index is 13.3. The van der Waals surface area contributed by atoms with E-state index in [0.717, 1.165) is 36.8 Å². The van der Waals surface area contributed by atoms with Crippen LogP contribution in [0.2, 0.25) is 0 Å². The van der Waals surface area contributed by atoms with Crippen LogP contribution in [0.4, 0.5) is 14.9 Å². The van der Waals surface area contributed by atoms with E-state index in [1.54, 1.807) is 31.2 Å². The highest BCUT2D eigenvalue weighted by Crippen LogP contribution is 2.35. The van der Waals surface area contributed by atoms with Crippen LogP contribution in [0.25, 0.3) is 0 Å². The van der Waals surface area contributed by atoms with E-state index in [1.807, 2.05) is 52.8 Å². The maximum absolute atomic E-state index is 13.3. The third-order valence-electron chi connectivity index (χ3n) is 9.39. The molecule has 0 aliphatic rings. The minimum atomic E-state index is -0.615. The van der Waals surface area contributed by atoms with E-state index in [-0.39, 0.29) is 47.5 Å². The average Bonchev–Trinajstić information content (AvgIpc) is 3.14. The van der Waals surface area contributed by atoms with Crippen LogP contribution in [0.1, 0.15) is 133 Å². The number of rotatable bonds is 19. The number of carbonyl (C=O) groups is 4. The molecule has 0 saturated heterocycles. The Hall–Kier alpha value is -4.53. The Kier molecular flexibility index (Phi) is 18.8. The van der Waals surface area contributed by atoms with Crippen LogP contribution in [0.15, 0.2) is 54.6 Å². The highest BCUT2D eigenvalue weighted by molar-refractivity contribution is 6.02.